The predicted octanol–water partition coefficient (Wildman–Crippen LogP) is -5.60. The molecule has 0 spiro atoms. The molecule has 0 fully saturated rings. The summed E-state index contributed by atoms with van der Waals surface area (Å²) >= 11 is 0. The molecule has 64 valence electrons. The van der Waals surface area contributed by atoms with E-state index in [1.54, 1.807) is 0 Å². The summed E-state index contributed by atoms with van der Waals surface area (Å²) < 4.78 is 0. The van der Waals surface area contributed by atoms with Gasteiger partial charge in [0, 0.05) is 0 Å². The molecule has 11 heavy (non-hydrogen) atoms. The van der Waals surface area contributed by atoms with E-state index in [1.165, 1.54) is 0 Å². The van der Waals surface area contributed by atoms with Gasteiger partial charge in [0.1, 0.15) is 0 Å². The molecule has 0 amide bonds. The van der Waals surface area contributed by atoms with Gasteiger partial charge in [0.2, 0.25) is 0 Å². The molecule has 8 nitrogen and oxygen atoms in total. The molecular formula is H8B2CaO8. The Labute approximate surface area is 91.4 Å². The maximum Gasteiger partial charge on any atom is 2.00 e. The van der Waals surface area contributed by atoms with E-state index in [0.717, 1.165) is 0 Å². The van der Waals surface area contributed by atoms with Crippen molar-refractivity contribution in [3.63, 3.8) is 0 Å². The minimum atomic E-state index is -4.00. The Hall–Kier alpha value is 1.07. The van der Waals surface area contributed by atoms with Gasteiger partial charge in [-0.2, -0.15) is 0 Å². The summed E-state index contributed by atoms with van der Waals surface area (Å²) in [6, 6.07) is 0. The van der Waals surface area contributed by atoms with Crippen molar-refractivity contribution in [3.8, 4) is 0 Å². The summed E-state index contributed by atoms with van der Waals surface area (Å²) in [7, 11) is 0. The topological polar surface area (TPSA) is 162 Å². The van der Waals surface area contributed by atoms with Gasteiger partial charge in [-0.05, 0) is 0 Å². The maximum absolute atomic E-state index is 7.25. The van der Waals surface area contributed by atoms with Gasteiger partial charge in [-0.25, -0.2) is 0 Å². The van der Waals surface area contributed by atoms with E-state index in [-0.39, 0.29) is 37.7 Å². The third kappa shape index (κ3) is 796. The molecule has 0 aromatic carbocycles. The molecular weight excluding hydrogens is 190 g/mol. The minimum Gasteiger partial charge on any atom is -0.534 e. The Morgan fingerprint density at radius 1 is 0.455 bits per heavy atom. The molecule has 0 atom stereocenters. The van der Waals surface area contributed by atoms with Crippen LogP contribution in [0.3, 0.4) is 0 Å². The quantitative estimate of drug-likeness (QED) is 0.178. The van der Waals surface area contributed by atoms with Gasteiger partial charge < -0.3 is 40.2 Å². The summed E-state index contributed by atoms with van der Waals surface area (Å²) in [4.78, 5) is 0. The van der Waals surface area contributed by atoms with Crippen molar-refractivity contribution in [2.24, 2.45) is 0 Å². The molecule has 0 aromatic rings. The van der Waals surface area contributed by atoms with E-state index in [4.69, 9.17) is 40.2 Å². The van der Waals surface area contributed by atoms with E-state index >= 15 is 0 Å². The summed E-state index contributed by atoms with van der Waals surface area (Å²) in [5.74, 6) is 0. The predicted molar refractivity (Wildman–Crippen MR) is 35.0 cm³/mol. The summed E-state index contributed by atoms with van der Waals surface area (Å²) in [5.41, 5.74) is 0. The first kappa shape index (κ1) is 18.0. The van der Waals surface area contributed by atoms with Crippen LogP contribution in [-0.4, -0.2) is 91.8 Å². The minimum absolute atomic E-state index is 0. The molecule has 0 bridgehead atoms. The molecule has 0 unspecified atom stereocenters. The van der Waals surface area contributed by atoms with Gasteiger partial charge in [-0.15, -0.1) is 0 Å². The molecule has 11 heteroatoms. The second-order valence-corrected chi connectivity index (χ2v) is 1.39. The van der Waals surface area contributed by atoms with Crippen LogP contribution in [0.25, 0.3) is 0 Å². The van der Waals surface area contributed by atoms with Gasteiger partial charge >= 0.3 is 51.7 Å². The summed E-state index contributed by atoms with van der Waals surface area (Å²) in [6.07, 6.45) is 0. The molecule has 0 aromatic heterocycles. The molecule has 8 N–H and O–H groups in total. The monoisotopic (exact) mass is 198 g/mol. The summed E-state index contributed by atoms with van der Waals surface area (Å²) in [6.45, 7) is -8.00. The second-order valence-electron chi connectivity index (χ2n) is 1.39. The Morgan fingerprint density at radius 2 is 0.455 bits per heavy atom. The Morgan fingerprint density at radius 3 is 0.455 bits per heavy atom. The van der Waals surface area contributed by atoms with Gasteiger partial charge in [-0.3, -0.25) is 0 Å². The first-order chi connectivity index (χ1) is 4.00. The van der Waals surface area contributed by atoms with Gasteiger partial charge in [-0.1, -0.05) is 0 Å². The fourth-order valence-electron chi connectivity index (χ4n) is 0. The van der Waals surface area contributed by atoms with Crippen LogP contribution >= 0.6 is 0 Å². The molecule has 0 aliphatic heterocycles. The third-order valence-electron chi connectivity index (χ3n) is 0. The summed E-state index contributed by atoms with van der Waals surface area (Å²) in [5, 5.41) is 58.0. The molecule has 0 heterocycles. The molecule has 0 rings (SSSR count). The number of hydrogen-bond donors (Lipinski definition) is 8. The zero-order chi connectivity index (χ0) is 9.00. The van der Waals surface area contributed by atoms with Crippen molar-refractivity contribution >= 4 is 51.7 Å². The van der Waals surface area contributed by atoms with Crippen molar-refractivity contribution < 1.29 is 40.2 Å². The van der Waals surface area contributed by atoms with Crippen LogP contribution in [0.2, 0.25) is 0 Å². The largest absolute Gasteiger partial charge is 2.00 e. The zero-order valence-corrected chi connectivity index (χ0v) is 7.65. The van der Waals surface area contributed by atoms with E-state index in [1.807, 2.05) is 0 Å². The maximum atomic E-state index is 7.25. The van der Waals surface area contributed by atoms with Crippen molar-refractivity contribution in [1.82, 2.24) is 0 Å². The SMILES string of the molecule is O[B-](O)(O)O.O[B-](O)(O)O.[Ca+2]. The van der Waals surface area contributed by atoms with Gasteiger partial charge in [0.25, 0.3) is 0 Å². The van der Waals surface area contributed by atoms with Crippen LogP contribution in [0.1, 0.15) is 0 Å². The molecule has 0 saturated heterocycles. The van der Waals surface area contributed by atoms with E-state index in [0.29, 0.717) is 0 Å². The van der Waals surface area contributed by atoms with Crippen molar-refractivity contribution in [2.45, 2.75) is 0 Å². The third-order valence-corrected chi connectivity index (χ3v) is 0. The molecule has 0 radical (unpaired) electrons. The standard InChI is InChI=1S/2BH4O4.Ca/c2*2-1(3,4)5;/h2*2-5H;/q2*-1;+2. The van der Waals surface area contributed by atoms with Crippen molar-refractivity contribution in [2.75, 3.05) is 0 Å². The van der Waals surface area contributed by atoms with E-state index in [2.05, 4.69) is 0 Å². The molecule has 0 saturated carbocycles. The van der Waals surface area contributed by atoms with Gasteiger partial charge in [0.05, 0.1) is 0 Å². The smallest absolute Gasteiger partial charge is 0.534 e. The number of rotatable bonds is 0. The molecule has 0 aliphatic carbocycles. The van der Waals surface area contributed by atoms with Crippen molar-refractivity contribution in [3.05, 3.63) is 0 Å². The molecule has 0 aliphatic rings. The Balaban J connectivity index is -0.000000107. The van der Waals surface area contributed by atoms with Crippen LogP contribution in [0, 0.1) is 0 Å². The van der Waals surface area contributed by atoms with E-state index < -0.39 is 13.9 Å². The van der Waals surface area contributed by atoms with Crippen molar-refractivity contribution in [1.29, 1.82) is 0 Å². The fourth-order valence-corrected chi connectivity index (χ4v) is 0. The Bertz CT molecular complexity index is 55.1. The average Bonchev–Trinajstić information content (AvgIpc) is 1.12. The average molecular weight is 198 g/mol. The first-order valence-corrected chi connectivity index (χ1v) is 2.07. The van der Waals surface area contributed by atoms with Crippen LogP contribution in [0.5, 0.6) is 0 Å². The van der Waals surface area contributed by atoms with Gasteiger partial charge in [0.15, 0.2) is 0 Å². The normalized spacial score (nSPS) is 10.9. The van der Waals surface area contributed by atoms with Crippen LogP contribution < -0.4 is 0 Å². The van der Waals surface area contributed by atoms with Crippen LogP contribution in [0.15, 0.2) is 0 Å². The van der Waals surface area contributed by atoms with Crippen LogP contribution in [0.4, 0.5) is 0 Å². The van der Waals surface area contributed by atoms with Crippen LogP contribution in [-0.2, 0) is 0 Å². The first-order valence-electron chi connectivity index (χ1n) is 2.07. The second kappa shape index (κ2) is 6.57. The Kier molecular flexibility index (Phi) is 10.7. The number of hydrogen-bond acceptors (Lipinski definition) is 8. The zero-order valence-electron chi connectivity index (χ0n) is 5.44. The fraction of sp³-hybridized carbons (Fsp3) is 0. The van der Waals surface area contributed by atoms with E-state index in [9.17, 15) is 0 Å².